The second-order valence-corrected chi connectivity index (χ2v) is 16.4. The molecule has 0 radical (unpaired) electrons. The largest absolute Gasteiger partial charge is 0.466 e. The summed E-state index contributed by atoms with van der Waals surface area (Å²) in [6.45, 7) is 13.6. The molecular weight excluding hydrogens is 502 g/mol. The van der Waals surface area contributed by atoms with Crippen LogP contribution >= 0.6 is 0 Å². The minimum Gasteiger partial charge on any atom is -0.466 e. The van der Waals surface area contributed by atoms with Crippen LogP contribution in [0.25, 0.3) is 0 Å². The van der Waals surface area contributed by atoms with Crippen LogP contribution in [0.5, 0.6) is 0 Å². The van der Waals surface area contributed by atoms with E-state index < -0.39 is 35.3 Å². The number of carbonyl (C=O) groups excluding carboxylic acids is 1. The number of unbranched alkanes of at least 4 members (excludes halogenated alkanes) is 1. The number of aliphatic hydroxyl groups excluding tert-OH is 1. The first-order valence-electron chi connectivity index (χ1n) is 12.6. The van der Waals surface area contributed by atoms with Gasteiger partial charge in [-0.05, 0) is 78.5 Å². The number of nitrogens with one attached hydrogen (secondary N) is 1. The Hall–Kier alpha value is -1.49. The van der Waals surface area contributed by atoms with Crippen LogP contribution < -0.4 is 5.32 Å². The SMILES string of the molecule is CCCCOC(=O)CCC(CC)NCC(O)c1ccc(S(=O)(=O)C(C)(C)C)c(S(=O)(=O)C(C)(C)C)c1. The lowest BCUT2D eigenvalue weighted by Crippen LogP contribution is -2.34. The third-order valence-electron chi connectivity index (χ3n) is 6.09. The van der Waals surface area contributed by atoms with E-state index in [-0.39, 0.29) is 34.8 Å². The lowest BCUT2D eigenvalue weighted by Gasteiger charge is -2.26. The summed E-state index contributed by atoms with van der Waals surface area (Å²) in [5, 5.41) is 14.1. The minimum absolute atomic E-state index is 0.0447. The van der Waals surface area contributed by atoms with E-state index >= 15 is 0 Å². The Bertz CT molecular complexity index is 1080. The highest BCUT2D eigenvalue weighted by molar-refractivity contribution is 7.95. The number of aliphatic hydroxyl groups is 1. The van der Waals surface area contributed by atoms with Crippen molar-refractivity contribution in [2.75, 3.05) is 13.2 Å². The van der Waals surface area contributed by atoms with Gasteiger partial charge in [0.1, 0.15) is 0 Å². The molecule has 0 aliphatic carbocycles. The van der Waals surface area contributed by atoms with E-state index in [0.717, 1.165) is 19.3 Å². The number of benzene rings is 1. The molecule has 36 heavy (non-hydrogen) atoms. The molecule has 0 heterocycles. The Morgan fingerprint density at radius 2 is 1.53 bits per heavy atom. The number of rotatable bonds is 13. The van der Waals surface area contributed by atoms with Crippen LogP contribution in [-0.4, -0.2) is 56.6 Å². The highest BCUT2D eigenvalue weighted by Gasteiger charge is 2.40. The van der Waals surface area contributed by atoms with Crippen molar-refractivity contribution in [3.05, 3.63) is 23.8 Å². The Morgan fingerprint density at radius 3 is 2.03 bits per heavy atom. The van der Waals surface area contributed by atoms with E-state index in [4.69, 9.17) is 4.74 Å². The summed E-state index contributed by atoms with van der Waals surface area (Å²) < 4.78 is 55.9. The molecule has 1 rings (SSSR count). The molecule has 0 aliphatic rings. The average Bonchev–Trinajstić information content (AvgIpc) is 2.77. The van der Waals surface area contributed by atoms with Crippen LogP contribution in [0.15, 0.2) is 28.0 Å². The summed E-state index contributed by atoms with van der Waals surface area (Å²) in [7, 11) is -8.00. The fraction of sp³-hybridized carbons (Fsp3) is 0.731. The molecule has 0 amide bonds. The average molecular weight is 548 g/mol. The van der Waals surface area contributed by atoms with E-state index in [2.05, 4.69) is 5.32 Å². The van der Waals surface area contributed by atoms with Crippen molar-refractivity contribution in [3.8, 4) is 0 Å². The molecule has 8 nitrogen and oxygen atoms in total. The Labute approximate surface area is 218 Å². The third-order valence-corrected chi connectivity index (χ3v) is 11.3. The van der Waals surface area contributed by atoms with Gasteiger partial charge >= 0.3 is 5.97 Å². The Kier molecular flexibility index (Phi) is 11.6. The molecule has 1 aromatic rings. The van der Waals surface area contributed by atoms with Crippen molar-refractivity contribution in [2.24, 2.45) is 0 Å². The summed E-state index contributed by atoms with van der Waals surface area (Å²) >= 11 is 0. The molecule has 0 saturated carbocycles. The number of sulfone groups is 2. The van der Waals surface area contributed by atoms with Gasteiger partial charge in [-0.2, -0.15) is 0 Å². The second kappa shape index (κ2) is 12.8. The summed E-state index contributed by atoms with van der Waals surface area (Å²) in [5.41, 5.74) is 0.298. The Balaban J connectivity index is 3.16. The van der Waals surface area contributed by atoms with E-state index in [1.807, 2.05) is 13.8 Å². The van der Waals surface area contributed by atoms with Gasteiger partial charge in [-0.3, -0.25) is 4.79 Å². The van der Waals surface area contributed by atoms with E-state index in [1.54, 1.807) is 0 Å². The summed E-state index contributed by atoms with van der Waals surface area (Å²) in [4.78, 5) is 11.3. The van der Waals surface area contributed by atoms with Gasteiger partial charge in [0, 0.05) is 19.0 Å². The van der Waals surface area contributed by atoms with Crippen molar-refractivity contribution in [3.63, 3.8) is 0 Å². The van der Waals surface area contributed by atoms with Crippen LogP contribution in [-0.2, 0) is 29.2 Å². The minimum atomic E-state index is -4.03. The van der Waals surface area contributed by atoms with Gasteiger partial charge in [-0.15, -0.1) is 0 Å². The number of ether oxygens (including phenoxy) is 1. The van der Waals surface area contributed by atoms with Crippen molar-refractivity contribution in [1.82, 2.24) is 5.32 Å². The summed E-state index contributed by atoms with van der Waals surface area (Å²) in [6.07, 6.45) is 2.24. The molecule has 2 unspecified atom stereocenters. The lowest BCUT2D eigenvalue weighted by molar-refractivity contribution is -0.144. The maximum absolute atomic E-state index is 13.4. The zero-order valence-electron chi connectivity index (χ0n) is 23.0. The first-order chi connectivity index (χ1) is 16.4. The van der Waals surface area contributed by atoms with Crippen LogP contribution in [0, 0.1) is 0 Å². The summed E-state index contributed by atoms with van der Waals surface area (Å²) in [6, 6.07) is 3.97. The van der Waals surface area contributed by atoms with Gasteiger partial charge in [0.15, 0.2) is 19.7 Å². The highest BCUT2D eigenvalue weighted by Crippen LogP contribution is 2.36. The maximum atomic E-state index is 13.4. The van der Waals surface area contributed by atoms with Crippen LogP contribution in [0.2, 0.25) is 0 Å². The predicted octanol–water partition coefficient (Wildman–Crippen LogP) is 4.36. The van der Waals surface area contributed by atoms with Crippen LogP contribution in [0.3, 0.4) is 0 Å². The zero-order valence-corrected chi connectivity index (χ0v) is 24.7. The Morgan fingerprint density at radius 1 is 0.972 bits per heavy atom. The molecule has 0 aliphatic heterocycles. The van der Waals surface area contributed by atoms with Crippen LogP contribution in [0.1, 0.15) is 99.2 Å². The predicted molar refractivity (Wildman–Crippen MR) is 142 cm³/mol. The van der Waals surface area contributed by atoms with Gasteiger partial charge in [0.25, 0.3) is 0 Å². The van der Waals surface area contributed by atoms with E-state index in [9.17, 15) is 26.7 Å². The normalized spacial score (nSPS) is 14.9. The van der Waals surface area contributed by atoms with Crippen molar-refractivity contribution in [1.29, 1.82) is 0 Å². The molecule has 0 fully saturated rings. The molecule has 0 bridgehead atoms. The van der Waals surface area contributed by atoms with Gasteiger partial charge in [-0.1, -0.05) is 26.3 Å². The molecule has 2 atom stereocenters. The third kappa shape index (κ3) is 8.26. The lowest BCUT2D eigenvalue weighted by atomic mass is 10.1. The fourth-order valence-electron chi connectivity index (χ4n) is 3.36. The van der Waals surface area contributed by atoms with Gasteiger partial charge in [-0.25, -0.2) is 16.8 Å². The zero-order chi connectivity index (χ0) is 27.9. The smallest absolute Gasteiger partial charge is 0.305 e. The number of hydrogen-bond donors (Lipinski definition) is 2. The molecule has 0 spiro atoms. The molecule has 10 heteroatoms. The monoisotopic (exact) mass is 547 g/mol. The van der Waals surface area contributed by atoms with Gasteiger partial charge in [0.05, 0.1) is 32.0 Å². The number of carbonyl (C=O) groups is 1. The molecule has 2 N–H and O–H groups in total. The number of esters is 1. The number of hydrogen-bond acceptors (Lipinski definition) is 8. The first-order valence-corrected chi connectivity index (χ1v) is 15.6. The van der Waals surface area contributed by atoms with E-state index in [1.165, 1.54) is 59.7 Å². The van der Waals surface area contributed by atoms with Crippen LogP contribution in [0.4, 0.5) is 0 Å². The van der Waals surface area contributed by atoms with E-state index in [0.29, 0.717) is 18.6 Å². The molecular formula is C26H45NO7S2. The first kappa shape index (κ1) is 32.5. The topological polar surface area (TPSA) is 127 Å². The van der Waals surface area contributed by atoms with Crippen molar-refractivity contribution >= 4 is 25.6 Å². The summed E-state index contributed by atoms with van der Waals surface area (Å²) in [5.74, 6) is -0.253. The fourth-order valence-corrected chi connectivity index (χ4v) is 6.54. The second-order valence-electron chi connectivity index (χ2n) is 11.1. The maximum Gasteiger partial charge on any atom is 0.305 e. The quantitative estimate of drug-likeness (QED) is 0.276. The molecule has 0 aromatic heterocycles. The van der Waals surface area contributed by atoms with Gasteiger partial charge in [0.2, 0.25) is 0 Å². The molecule has 0 saturated heterocycles. The van der Waals surface area contributed by atoms with Crippen molar-refractivity contribution < 1.29 is 31.5 Å². The van der Waals surface area contributed by atoms with Gasteiger partial charge < -0.3 is 15.2 Å². The highest BCUT2D eigenvalue weighted by atomic mass is 32.2. The molecule has 1 aromatic carbocycles. The standard InChI is InChI=1S/C26H45NO7S2/c1-9-11-16-34-24(29)15-13-20(10-2)27-18-21(28)19-12-14-22(35(30,31)25(3,4)5)23(17-19)36(32,33)26(6,7)8/h12,14,17,20-21,27-28H,9-11,13,15-16,18H2,1-8H3. The molecule has 208 valence electrons. The van der Waals surface area contributed by atoms with Crippen molar-refractivity contribution in [2.45, 2.75) is 119 Å².